The Hall–Kier alpha value is -4.25. The standard InChI is InChI=1S/C35H44N6O4/c1-35(2,44)24-39-18-13-26(14-19-39)25-6-8-27(9-7-25)33(42)38-32-23-30(12-16-37-32)40(17-5-21-45-4)29-10-11-31-28(22-29)15-20-41(31)34(43)36-3/h6-12,15-16,20,22-23,26,44H,5,13-14,17-19,21,24H2,1-4H3,(H,36,43)(H,37,38,42). The van der Waals surface area contributed by atoms with E-state index in [-0.39, 0.29) is 11.9 Å². The van der Waals surface area contributed by atoms with Crippen LogP contribution >= 0.6 is 0 Å². The van der Waals surface area contributed by atoms with E-state index in [1.165, 1.54) is 5.56 Å². The molecule has 2 aromatic heterocycles. The summed E-state index contributed by atoms with van der Waals surface area (Å²) in [4.78, 5) is 34.4. The number of piperidine rings is 1. The molecule has 4 aromatic rings. The Kier molecular flexibility index (Phi) is 10.2. The van der Waals surface area contributed by atoms with E-state index >= 15 is 0 Å². The molecule has 10 nitrogen and oxygen atoms in total. The largest absolute Gasteiger partial charge is 0.389 e. The van der Waals surface area contributed by atoms with Gasteiger partial charge < -0.3 is 30.3 Å². The Balaban J connectivity index is 1.28. The van der Waals surface area contributed by atoms with Crippen LogP contribution in [0.4, 0.5) is 22.0 Å². The number of fused-ring (bicyclic) bond motifs is 1. The summed E-state index contributed by atoms with van der Waals surface area (Å²) in [5.74, 6) is 0.697. The highest BCUT2D eigenvalue weighted by molar-refractivity contribution is 6.04. The summed E-state index contributed by atoms with van der Waals surface area (Å²) in [6, 6.07) is 19.4. The number of carbonyl (C=O) groups is 2. The smallest absolute Gasteiger partial charge is 0.325 e. The highest BCUT2D eigenvalue weighted by Gasteiger charge is 2.25. The molecule has 238 valence electrons. The first-order valence-corrected chi connectivity index (χ1v) is 15.6. The third-order valence-corrected chi connectivity index (χ3v) is 8.29. The molecule has 0 spiro atoms. The maximum atomic E-state index is 13.2. The topological polar surface area (TPSA) is 112 Å². The van der Waals surface area contributed by atoms with Crippen molar-refractivity contribution in [3.05, 3.63) is 84.2 Å². The van der Waals surface area contributed by atoms with Crippen LogP contribution in [0.5, 0.6) is 0 Å². The number of ether oxygens (including phenoxy) is 1. The summed E-state index contributed by atoms with van der Waals surface area (Å²) in [6.45, 7) is 7.59. The minimum Gasteiger partial charge on any atom is -0.389 e. The fourth-order valence-electron chi connectivity index (χ4n) is 6.09. The van der Waals surface area contributed by atoms with Gasteiger partial charge in [-0.15, -0.1) is 0 Å². The van der Waals surface area contributed by atoms with E-state index in [0.717, 1.165) is 54.6 Å². The Bertz CT molecular complexity index is 1600. The maximum absolute atomic E-state index is 13.2. The van der Waals surface area contributed by atoms with Gasteiger partial charge in [0.05, 0.1) is 11.1 Å². The lowest BCUT2D eigenvalue weighted by atomic mass is 9.88. The van der Waals surface area contributed by atoms with Gasteiger partial charge in [-0.25, -0.2) is 9.78 Å². The third-order valence-electron chi connectivity index (χ3n) is 8.29. The Morgan fingerprint density at radius 1 is 1.04 bits per heavy atom. The fraction of sp³-hybridized carbons (Fsp3) is 0.400. The molecule has 0 bridgehead atoms. The number of β-amino-alcohol motifs (C(OH)–C–C–N with tert-alkyl or cyclic N) is 1. The molecule has 45 heavy (non-hydrogen) atoms. The van der Waals surface area contributed by atoms with E-state index in [9.17, 15) is 14.7 Å². The van der Waals surface area contributed by atoms with Crippen molar-refractivity contribution in [3.8, 4) is 0 Å². The van der Waals surface area contributed by atoms with E-state index in [2.05, 4.69) is 43.6 Å². The lowest BCUT2D eigenvalue weighted by Crippen LogP contribution is -2.42. The van der Waals surface area contributed by atoms with Gasteiger partial charge in [0.2, 0.25) is 0 Å². The molecule has 2 amide bonds. The number of amides is 2. The normalized spacial score (nSPS) is 14.4. The van der Waals surface area contributed by atoms with Gasteiger partial charge in [-0.05, 0) is 100 Å². The number of benzene rings is 2. The number of nitrogens with one attached hydrogen (secondary N) is 2. The lowest BCUT2D eigenvalue weighted by Gasteiger charge is -2.35. The van der Waals surface area contributed by atoms with Crippen molar-refractivity contribution >= 4 is 40.0 Å². The monoisotopic (exact) mass is 612 g/mol. The minimum atomic E-state index is -0.686. The molecular weight excluding hydrogens is 568 g/mol. The van der Waals surface area contributed by atoms with Crippen LogP contribution in [0.1, 0.15) is 54.9 Å². The summed E-state index contributed by atoms with van der Waals surface area (Å²) in [5, 5.41) is 16.7. The van der Waals surface area contributed by atoms with Crippen molar-refractivity contribution in [1.29, 1.82) is 0 Å². The number of pyridine rings is 1. The number of rotatable bonds is 11. The van der Waals surface area contributed by atoms with Gasteiger partial charge >= 0.3 is 6.03 Å². The van der Waals surface area contributed by atoms with E-state index in [0.29, 0.717) is 37.0 Å². The molecule has 0 aliphatic carbocycles. The van der Waals surface area contributed by atoms with Gasteiger partial charge in [0.1, 0.15) is 5.82 Å². The molecule has 1 aliphatic rings. The summed E-state index contributed by atoms with van der Waals surface area (Å²) < 4.78 is 6.90. The average Bonchev–Trinajstić information content (AvgIpc) is 3.46. The van der Waals surface area contributed by atoms with Gasteiger partial charge in [0, 0.05) is 74.6 Å². The van der Waals surface area contributed by atoms with Gasteiger partial charge in [-0.3, -0.25) is 9.36 Å². The molecule has 0 atom stereocenters. The molecule has 0 unspecified atom stereocenters. The Morgan fingerprint density at radius 3 is 2.47 bits per heavy atom. The van der Waals surface area contributed by atoms with Crippen molar-refractivity contribution < 1.29 is 19.4 Å². The van der Waals surface area contributed by atoms with Crippen molar-refractivity contribution in [2.45, 2.75) is 44.6 Å². The highest BCUT2D eigenvalue weighted by Crippen LogP contribution is 2.31. The van der Waals surface area contributed by atoms with Crippen LogP contribution in [-0.4, -0.2) is 84.0 Å². The van der Waals surface area contributed by atoms with E-state index < -0.39 is 5.60 Å². The van der Waals surface area contributed by atoms with Crippen LogP contribution in [0, 0.1) is 0 Å². The number of likely N-dealkylation sites (tertiary alicyclic amines) is 1. The number of hydrogen-bond acceptors (Lipinski definition) is 7. The number of carbonyl (C=O) groups excluding carboxylic acids is 2. The van der Waals surface area contributed by atoms with E-state index in [4.69, 9.17) is 4.74 Å². The molecule has 1 aliphatic heterocycles. The van der Waals surface area contributed by atoms with Crippen LogP contribution < -0.4 is 15.5 Å². The summed E-state index contributed by atoms with van der Waals surface area (Å²) in [5.41, 5.74) is 3.79. The minimum absolute atomic E-state index is 0.192. The Labute approximate surface area is 265 Å². The average molecular weight is 613 g/mol. The molecule has 3 heterocycles. The molecule has 0 saturated carbocycles. The quantitative estimate of drug-likeness (QED) is 0.189. The second-order valence-corrected chi connectivity index (χ2v) is 12.3. The molecule has 5 rings (SSSR count). The van der Waals surface area contributed by atoms with Gasteiger partial charge in [-0.2, -0.15) is 0 Å². The number of nitrogens with zero attached hydrogens (tertiary/aromatic N) is 4. The summed E-state index contributed by atoms with van der Waals surface area (Å²) in [7, 11) is 3.30. The van der Waals surface area contributed by atoms with Crippen molar-refractivity contribution in [1.82, 2.24) is 19.8 Å². The van der Waals surface area contributed by atoms with Crippen LogP contribution in [-0.2, 0) is 4.74 Å². The number of anilines is 3. The van der Waals surface area contributed by atoms with Crippen molar-refractivity contribution in [3.63, 3.8) is 0 Å². The first-order valence-electron chi connectivity index (χ1n) is 15.6. The molecule has 10 heteroatoms. The van der Waals surface area contributed by atoms with Gasteiger partial charge in [0.15, 0.2) is 0 Å². The van der Waals surface area contributed by atoms with E-state index in [1.54, 1.807) is 31.1 Å². The number of aliphatic hydroxyl groups is 1. The zero-order valence-corrected chi connectivity index (χ0v) is 26.6. The van der Waals surface area contributed by atoms with Crippen LogP contribution in [0.3, 0.4) is 0 Å². The number of hydrogen-bond donors (Lipinski definition) is 3. The zero-order chi connectivity index (χ0) is 32.0. The predicted molar refractivity (Wildman–Crippen MR) is 179 cm³/mol. The molecule has 3 N–H and O–H groups in total. The molecule has 2 aromatic carbocycles. The Morgan fingerprint density at radius 2 is 1.78 bits per heavy atom. The second kappa shape index (κ2) is 14.2. The van der Waals surface area contributed by atoms with E-state index in [1.807, 2.05) is 56.3 Å². The molecule has 1 fully saturated rings. The SMILES string of the molecule is CNC(=O)n1ccc2cc(N(CCCOC)c3ccnc(NC(=O)c4ccc(C5CCN(CC(C)(C)O)CC5)cc4)c3)ccc21. The van der Waals surface area contributed by atoms with Crippen LogP contribution in [0.25, 0.3) is 10.9 Å². The molecule has 1 saturated heterocycles. The predicted octanol–water partition coefficient (Wildman–Crippen LogP) is 5.60. The first-order chi connectivity index (χ1) is 21.6. The summed E-state index contributed by atoms with van der Waals surface area (Å²) >= 11 is 0. The third kappa shape index (κ3) is 8.08. The lowest BCUT2D eigenvalue weighted by molar-refractivity contribution is 0.0282. The number of methoxy groups -OCH3 is 1. The maximum Gasteiger partial charge on any atom is 0.325 e. The zero-order valence-electron chi connectivity index (χ0n) is 26.6. The molecular formula is C35H44N6O4. The van der Waals surface area contributed by atoms with Crippen molar-refractivity contribution in [2.75, 3.05) is 57.2 Å². The second-order valence-electron chi connectivity index (χ2n) is 12.3. The van der Waals surface area contributed by atoms with Gasteiger partial charge in [0.25, 0.3) is 5.91 Å². The summed E-state index contributed by atoms with van der Waals surface area (Å²) in [6.07, 6.45) is 6.32. The van der Waals surface area contributed by atoms with Crippen LogP contribution in [0.15, 0.2) is 73.1 Å². The van der Waals surface area contributed by atoms with Gasteiger partial charge in [-0.1, -0.05) is 12.1 Å². The van der Waals surface area contributed by atoms with Crippen LogP contribution in [0.2, 0.25) is 0 Å². The fourth-order valence-corrected chi connectivity index (χ4v) is 6.09. The first kappa shape index (κ1) is 32.2. The van der Waals surface area contributed by atoms with Crippen molar-refractivity contribution in [2.24, 2.45) is 0 Å². The number of aromatic nitrogens is 2. The highest BCUT2D eigenvalue weighted by atomic mass is 16.5. The molecule has 0 radical (unpaired) electrons.